The van der Waals surface area contributed by atoms with Crippen molar-refractivity contribution >= 4 is 29.1 Å². The van der Waals surface area contributed by atoms with Gasteiger partial charge in [-0.2, -0.15) is 0 Å². The van der Waals surface area contributed by atoms with Crippen molar-refractivity contribution < 1.29 is 14.1 Å². The lowest BCUT2D eigenvalue weighted by Gasteiger charge is -2.04. The minimum Gasteiger partial charge on any atom is -0.369 e. The fraction of sp³-hybridized carbons (Fsp3) is 0.0556. The zero-order valence-electron chi connectivity index (χ0n) is 13.0. The van der Waals surface area contributed by atoms with E-state index in [0.717, 1.165) is 11.1 Å². The van der Waals surface area contributed by atoms with Crippen LogP contribution in [0.3, 0.4) is 0 Å². The van der Waals surface area contributed by atoms with Gasteiger partial charge in [0.15, 0.2) is 11.5 Å². The Labute approximate surface area is 148 Å². The summed E-state index contributed by atoms with van der Waals surface area (Å²) < 4.78 is 5.21. The molecule has 2 aromatic carbocycles. The number of anilines is 1. The van der Waals surface area contributed by atoms with Crippen LogP contribution < -0.4 is 11.1 Å². The molecule has 0 spiro atoms. The summed E-state index contributed by atoms with van der Waals surface area (Å²) in [6, 6.07) is 15.4. The van der Waals surface area contributed by atoms with Crippen LogP contribution in [0.5, 0.6) is 0 Å². The molecule has 126 valence electrons. The first-order valence-corrected chi connectivity index (χ1v) is 7.80. The van der Waals surface area contributed by atoms with Crippen molar-refractivity contribution in [2.45, 2.75) is 6.42 Å². The Hall–Kier alpha value is -3.12. The number of carbonyl (C=O) groups is 2. The van der Waals surface area contributed by atoms with Crippen molar-refractivity contribution in [1.82, 2.24) is 5.16 Å². The van der Waals surface area contributed by atoms with E-state index < -0.39 is 11.8 Å². The third-order valence-electron chi connectivity index (χ3n) is 3.46. The molecule has 0 atom stereocenters. The van der Waals surface area contributed by atoms with Crippen molar-refractivity contribution in [3.8, 4) is 11.3 Å². The monoisotopic (exact) mass is 355 g/mol. The molecule has 1 heterocycles. The molecule has 1 aromatic heterocycles. The Balaban J connectivity index is 1.69. The first-order valence-electron chi connectivity index (χ1n) is 7.42. The van der Waals surface area contributed by atoms with Crippen LogP contribution in [-0.2, 0) is 11.2 Å². The van der Waals surface area contributed by atoms with E-state index in [9.17, 15) is 9.59 Å². The summed E-state index contributed by atoms with van der Waals surface area (Å²) in [7, 11) is 0. The lowest BCUT2D eigenvalue weighted by atomic mass is 10.1. The number of hydrogen-bond donors (Lipinski definition) is 2. The van der Waals surface area contributed by atoms with Crippen LogP contribution in [0.1, 0.15) is 16.1 Å². The molecule has 0 unspecified atom stereocenters. The van der Waals surface area contributed by atoms with Crippen LogP contribution in [0.2, 0.25) is 5.02 Å². The third-order valence-corrected chi connectivity index (χ3v) is 3.71. The van der Waals surface area contributed by atoms with E-state index >= 15 is 0 Å². The Morgan fingerprint density at radius 3 is 2.40 bits per heavy atom. The molecule has 3 aromatic rings. The van der Waals surface area contributed by atoms with Crippen molar-refractivity contribution in [2.24, 2.45) is 5.73 Å². The first-order chi connectivity index (χ1) is 12.0. The highest BCUT2D eigenvalue weighted by Crippen LogP contribution is 2.22. The van der Waals surface area contributed by atoms with Gasteiger partial charge in [-0.05, 0) is 42.0 Å². The summed E-state index contributed by atoms with van der Waals surface area (Å²) in [6.07, 6.45) is 0.155. The van der Waals surface area contributed by atoms with Gasteiger partial charge < -0.3 is 15.6 Å². The van der Waals surface area contributed by atoms with Gasteiger partial charge in [0.05, 0.1) is 6.42 Å². The van der Waals surface area contributed by atoms with Crippen molar-refractivity contribution in [1.29, 1.82) is 0 Å². The van der Waals surface area contributed by atoms with Gasteiger partial charge in [0.25, 0.3) is 5.91 Å². The number of nitrogens with zero attached hydrogens (tertiary/aromatic N) is 1. The molecular weight excluding hydrogens is 342 g/mol. The summed E-state index contributed by atoms with van der Waals surface area (Å²) in [5, 5.41) is 7.11. The number of benzene rings is 2. The molecule has 0 fully saturated rings. The molecule has 0 saturated carbocycles. The summed E-state index contributed by atoms with van der Waals surface area (Å²) in [4.78, 5) is 23.1. The standard InChI is InChI=1S/C18H14ClN3O3/c19-13-5-3-12(4-6-13)16-10-15(22-25-16)18(24)21-14-7-1-11(2-8-14)9-17(20)23/h1-8,10H,9H2,(H2,20,23)(H,21,24). The highest BCUT2D eigenvalue weighted by atomic mass is 35.5. The van der Waals surface area contributed by atoms with Crippen molar-refractivity contribution in [3.63, 3.8) is 0 Å². The smallest absolute Gasteiger partial charge is 0.277 e. The fourth-order valence-corrected chi connectivity index (χ4v) is 2.36. The summed E-state index contributed by atoms with van der Waals surface area (Å²) >= 11 is 5.85. The predicted molar refractivity (Wildman–Crippen MR) is 94.2 cm³/mol. The average molecular weight is 356 g/mol. The molecule has 0 saturated heterocycles. The minimum absolute atomic E-state index is 0.155. The number of halogens is 1. The molecule has 3 N–H and O–H groups in total. The summed E-state index contributed by atoms with van der Waals surface area (Å²) in [6.45, 7) is 0. The molecule has 0 aliphatic rings. The number of primary amides is 1. The third kappa shape index (κ3) is 4.24. The van der Waals surface area contributed by atoms with E-state index in [1.807, 2.05) is 0 Å². The fourth-order valence-electron chi connectivity index (χ4n) is 2.23. The van der Waals surface area contributed by atoms with Gasteiger partial charge in [-0.15, -0.1) is 0 Å². The van der Waals surface area contributed by atoms with Crippen LogP contribution in [0.4, 0.5) is 5.69 Å². The Morgan fingerprint density at radius 1 is 1.08 bits per heavy atom. The Kier molecular flexibility index (Phi) is 4.81. The molecule has 3 rings (SSSR count). The quantitative estimate of drug-likeness (QED) is 0.733. The Morgan fingerprint density at radius 2 is 1.76 bits per heavy atom. The molecule has 25 heavy (non-hydrogen) atoms. The van der Waals surface area contributed by atoms with Crippen LogP contribution in [-0.4, -0.2) is 17.0 Å². The lowest BCUT2D eigenvalue weighted by Crippen LogP contribution is -2.14. The number of aromatic nitrogens is 1. The van der Waals surface area contributed by atoms with E-state index in [2.05, 4.69) is 10.5 Å². The number of rotatable bonds is 5. The topological polar surface area (TPSA) is 98.2 Å². The highest BCUT2D eigenvalue weighted by Gasteiger charge is 2.14. The van der Waals surface area contributed by atoms with Gasteiger partial charge in [-0.1, -0.05) is 28.9 Å². The number of nitrogens with one attached hydrogen (secondary N) is 1. The van der Waals surface area contributed by atoms with Gasteiger partial charge in [0, 0.05) is 22.3 Å². The molecule has 0 aliphatic carbocycles. The summed E-state index contributed by atoms with van der Waals surface area (Å²) in [5.41, 5.74) is 7.42. The van der Waals surface area contributed by atoms with Gasteiger partial charge in [0.2, 0.25) is 5.91 Å². The second-order valence-corrected chi connectivity index (χ2v) is 5.81. The van der Waals surface area contributed by atoms with Gasteiger partial charge in [-0.3, -0.25) is 9.59 Å². The molecule has 0 aliphatic heterocycles. The van der Waals surface area contributed by atoms with Crippen LogP contribution in [0, 0.1) is 0 Å². The van der Waals surface area contributed by atoms with E-state index in [1.165, 1.54) is 0 Å². The SMILES string of the molecule is NC(=O)Cc1ccc(NC(=O)c2cc(-c3ccc(Cl)cc3)on2)cc1. The normalized spacial score (nSPS) is 10.4. The van der Waals surface area contributed by atoms with Gasteiger partial charge >= 0.3 is 0 Å². The molecule has 0 radical (unpaired) electrons. The maximum atomic E-state index is 12.2. The van der Waals surface area contributed by atoms with Crippen molar-refractivity contribution in [3.05, 3.63) is 70.9 Å². The van der Waals surface area contributed by atoms with E-state index in [-0.39, 0.29) is 12.1 Å². The van der Waals surface area contributed by atoms with E-state index in [4.69, 9.17) is 21.9 Å². The number of nitrogens with two attached hydrogens (primary N) is 1. The number of hydrogen-bond acceptors (Lipinski definition) is 4. The maximum Gasteiger partial charge on any atom is 0.277 e. The van der Waals surface area contributed by atoms with Crippen LogP contribution >= 0.6 is 11.6 Å². The van der Waals surface area contributed by atoms with E-state index in [0.29, 0.717) is 16.5 Å². The average Bonchev–Trinajstić information content (AvgIpc) is 3.07. The van der Waals surface area contributed by atoms with Gasteiger partial charge in [-0.25, -0.2) is 0 Å². The Bertz CT molecular complexity index is 902. The molecule has 0 bridgehead atoms. The summed E-state index contributed by atoms with van der Waals surface area (Å²) in [5.74, 6) is -0.334. The van der Waals surface area contributed by atoms with Gasteiger partial charge in [0.1, 0.15) is 0 Å². The molecule has 7 heteroatoms. The second kappa shape index (κ2) is 7.19. The maximum absolute atomic E-state index is 12.2. The second-order valence-electron chi connectivity index (χ2n) is 5.38. The molecule has 6 nitrogen and oxygen atoms in total. The lowest BCUT2D eigenvalue weighted by molar-refractivity contribution is -0.117. The van der Waals surface area contributed by atoms with Crippen LogP contribution in [0.25, 0.3) is 11.3 Å². The zero-order chi connectivity index (χ0) is 17.8. The molecule has 2 amide bonds. The minimum atomic E-state index is -0.408. The van der Waals surface area contributed by atoms with Crippen LogP contribution in [0.15, 0.2) is 59.1 Å². The highest BCUT2D eigenvalue weighted by molar-refractivity contribution is 6.30. The largest absolute Gasteiger partial charge is 0.369 e. The van der Waals surface area contributed by atoms with Crippen molar-refractivity contribution in [2.75, 3.05) is 5.32 Å². The zero-order valence-corrected chi connectivity index (χ0v) is 13.8. The first kappa shape index (κ1) is 16.7. The number of amides is 2. The predicted octanol–water partition coefficient (Wildman–Crippen LogP) is 3.28. The molecular formula is C18H14ClN3O3. The van der Waals surface area contributed by atoms with E-state index in [1.54, 1.807) is 54.6 Å². The number of carbonyl (C=O) groups excluding carboxylic acids is 2.